The molecule has 0 radical (unpaired) electrons. The molecule has 2 aliphatic rings. The van der Waals surface area contributed by atoms with Gasteiger partial charge in [0.1, 0.15) is 0 Å². The first kappa shape index (κ1) is 15.3. The summed E-state index contributed by atoms with van der Waals surface area (Å²) >= 11 is 0. The number of ether oxygens (including phenoxy) is 1. The summed E-state index contributed by atoms with van der Waals surface area (Å²) in [5, 5.41) is 3.93. The van der Waals surface area contributed by atoms with Gasteiger partial charge in [-0.1, -0.05) is 12.8 Å². The second kappa shape index (κ2) is 7.61. The molecular weight excluding hydrogens is 236 g/mol. The van der Waals surface area contributed by atoms with Crippen LogP contribution in [-0.2, 0) is 4.74 Å². The van der Waals surface area contributed by atoms with Gasteiger partial charge in [-0.2, -0.15) is 0 Å². The molecule has 1 aliphatic heterocycles. The van der Waals surface area contributed by atoms with Gasteiger partial charge in [0.05, 0.1) is 6.61 Å². The van der Waals surface area contributed by atoms with Crippen LogP contribution in [0.25, 0.3) is 0 Å². The molecule has 0 aromatic rings. The van der Waals surface area contributed by atoms with Crippen molar-refractivity contribution >= 4 is 0 Å². The van der Waals surface area contributed by atoms with Crippen molar-refractivity contribution in [2.75, 3.05) is 26.8 Å². The monoisotopic (exact) mass is 268 g/mol. The van der Waals surface area contributed by atoms with E-state index in [4.69, 9.17) is 4.74 Å². The van der Waals surface area contributed by atoms with Crippen LogP contribution in [0.3, 0.4) is 0 Å². The molecule has 2 rings (SSSR count). The largest absolute Gasteiger partial charge is 0.383 e. The molecule has 0 aromatic heterocycles. The first-order valence-corrected chi connectivity index (χ1v) is 8.19. The Morgan fingerprint density at radius 1 is 1.16 bits per heavy atom. The zero-order valence-electron chi connectivity index (χ0n) is 13.0. The SMILES string of the molecule is COCCN(CC1CCC2CCCCC2N1)C(C)C. The minimum Gasteiger partial charge on any atom is -0.383 e. The van der Waals surface area contributed by atoms with Gasteiger partial charge in [0.2, 0.25) is 0 Å². The fourth-order valence-corrected chi connectivity index (χ4v) is 3.77. The van der Waals surface area contributed by atoms with Gasteiger partial charge in [0.15, 0.2) is 0 Å². The standard InChI is InChI=1S/C16H32N2O/c1-13(2)18(10-11-19-3)12-15-9-8-14-6-4-5-7-16(14)17-15/h13-17H,4-12H2,1-3H3. The molecular formula is C16H32N2O. The summed E-state index contributed by atoms with van der Waals surface area (Å²) in [4.78, 5) is 2.56. The molecule has 0 spiro atoms. The molecule has 2 fully saturated rings. The molecule has 3 atom stereocenters. The fraction of sp³-hybridized carbons (Fsp3) is 1.00. The zero-order valence-corrected chi connectivity index (χ0v) is 13.0. The summed E-state index contributed by atoms with van der Waals surface area (Å²) in [5.74, 6) is 0.969. The Morgan fingerprint density at radius 3 is 2.68 bits per heavy atom. The number of rotatable bonds is 6. The van der Waals surface area contributed by atoms with Crippen LogP contribution in [0.15, 0.2) is 0 Å². The zero-order chi connectivity index (χ0) is 13.7. The van der Waals surface area contributed by atoms with E-state index in [2.05, 4.69) is 24.1 Å². The van der Waals surface area contributed by atoms with Gasteiger partial charge in [0.25, 0.3) is 0 Å². The van der Waals surface area contributed by atoms with Gasteiger partial charge in [-0.05, 0) is 45.4 Å². The lowest BCUT2D eigenvalue weighted by atomic mass is 9.77. The van der Waals surface area contributed by atoms with Crippen molar-refractivity contribution in [1.29, 1.82) is 0 Å². The molecule has 112 valence electrons. The third kappa shape index (κ3) is 4.44. The highest BCUT2D eigenvalue weighted by Crippen LogP contribution is 2.32. The number of hydrogen-bond acceptors (Lipinski definition) is 3. The average Bonchev–Trinajstić information content (AvgIpc) is 2.43. The third-order valence-corrected chi connectivity index (χ3v) is 5.01. The van der Waals surface area contributed by atoms with Gasteiger partial charge in [0, 0.05) is 38.3 Å². The molecule has 1 saturated heterocycles. The van der Waals surface area contributed by atoms with Crippen molar-refractivity contribution in [2.45, 2.75) is 70.5 Å². The van der Waals surface area contributed by atoms with Gasteiger partial charge in [-0.3, -0.25) is 4.90 Å². The maximum Gasteiger partial charge on any atom is 0.0589 e. The molecule has 0 amide bonds. The van der Waals surface area contributed by atoms with E-state index in [1.165, 1.54) is 45.1 Å². The van der Waals surface area contributed by atoms with Gasteiger partial charge >= 0.3 is 0 Å². The molecule has 1 saturated carbocycles. The maximum absolute atomic E-state index is 5.24. The Morgan fingerprint density at radius 2 is 1.95 bits per heavy atom. The molecule has 0 aromatic carbocycles. The fourth-order valence-electron chi connectivity index (χ4n) is 3.77. The second-order valence-corrected chi connectivity index (χ2v) is 6.67. The van der Waals surface area contributed by atoms with E-state index in [1.54, 1.807) is 7.11 Å². The first-order chi connectivity index (χ1) is 9.20. The van der Waals surface area contributed by atoms with E-state index in [0.29, 0.717) is 12.1 Å². The van der Waals surface area contributed by atoms with Crippen LogP contribution in [0.5, 0.6) is 0 Å². The van der Waals surface area contributed by atoms with Crippen molar-refractivity contribution in [3.05, 3.63) is 0 Å². The Hall–Kier alpha value is -0.120. The summed E-state index contributed by atoms with van der Waals surface area (Å²) < 4.78 is 5.24. The number of fused-ring (bicyclic) bond motifs is 1. The molecule has 3 unspecified atom stereocenters. The highest BCUT2D eigenvalue weighted by molar-refractivity contribution is 4.90. The van der Waals surface area contributed by atoms with Gasteiger partial charge in [-0.15, -0.1) is 0 Å². The van der Waals surface area contributed by atoms with Crippen LogP contribution in [-0.4, -0.2) is 49.8 Å². The van der Waals surface area contributed by atoms with Crippen LogP contribution in [0.1, 0.15) is 52.4 Å². The quantitative estimate of drug-likeness (QED) is 0.801. The van der Waals surface area contributed by atoms with Crippen molar-refractivity contribution < 1.29 is 4.74 Å². The van der Waals surface area contributed by atoms with Crippen LogP contribution in [0, 0.1) is 5.92 Å². The summed E-state index contributed by atoms with van der Waals surface area (Å²) in [7, 11) is 1.80. The number of piperidine rings is 1. The Balaban J connectivity index is 1.80. The minimum atomic E-state index is 0.612. The number of methoxy groups -OCH3 is 1. The molecule has 1 aliphatic carbocycles. The summed E-state index contributed by atoms with van der Waals surface area (Å²) in [6.45, 7) is 7.67. The molecule has 3 heteroatoms. The van der Waals surface area contributed by atoms with Gasteiger partial charge in [-0.25, -0.2) is 0 Å². The Bertz CT molecular complexity index is 257. The van der Waals surface area contributed by atoms with Crippen LogP contribution < -0.4 is 5.32 Å². The molecule has 0 bridgehead atoms. The minimum absolute atomic E-state index is 0.612. The van der Waals surface area contributed by atoms with E-state index in [1.807, 2.05) is 0 Å². The van der Waals surface area contributed by atoms with Crippen molar-refractivity contribution in [2.24, 2.45) is 5.92 Å². The molecule has 1 N–H and O–H groups in total. The van der Waals surface area contributed by atoms with Crippen molar-refractivity contribution in [1.82, 2.24) is 10.2 Å². The predicted octanol–water partition coefficient (Wildman–Crippen LogP) is 2.65. The lowest BCUT2D eigenvalue weighted by Crippen LogP contribution is -2.54. The smallest absolute Gasteiger partial charge is 0.0589 e. The number of nitrogens with zero attached hydrogens (tertiary/aromatic N) is 1. The van der Waals surface area contributed by atoms with Crippen LogP contribution in [0.4, 0.5) is 0 Å². The second-order valence-electron chi connectivity index (χ2n) is 6.67. The molecule has 3 nitrogen and oxygen atoms in total. The van der Waals surface area contributed by atoms with Gasteiger partial charge < -0.3 is 10.1 Å². The van der Waals surface area contributed by atoms with E-state index in [0.717, 1.165) is 25.1 Å². The van der Waals surface area contributed by atoms with E-state index < -0.39 is 0 Å². The van der Waals surface area contributed by atoms with Crippen molar-refractivity contribution in [3.63, 3.8) is 0 Å². The highest BCUT2D eigenvalue weighted by Gasteiger charge is 2.32. The lowest BCUT2D eigenvalue weighted by Gasteiger charge is -2.42. The van der Waals surface area contributed by atoms with Crippen LogP contribution >= 0.6 is 0 Å². The summed E-state index contributed by atoms with van der Waals surface area (Å²) in [6, 6.07) is 2.11. The topological polar surface area (TPSA) is 24.5 Å². The highest BCUT2D eigenvalue weighted by atomic mass is 16.5. The van der Waals surface area contributed by atoms with E-state index >= 15 is 0 Å². The molecule has 1 heterocycles. The Kier molecular flexibility index (Phi) is 6.11. The number of hydrogen-bond donors (Lipinski definition) is 1. The lowest BCUT2D eigenvalue weighted by molar-refractivity contribution is 0.0993. The van der Waals surface area contributed by atoms with Crippen LogP contribution in [0.2, 0.25) is 0 Å². The normalized spacial score (nSPS) is 31.7. The average molecular weight is 268 g/mol. The predicted molar refractivity (Wildman–Crippen MR) is 80.5 cm³/mol. The Labute approximate surface area is 119 Å². The maximum atomic E-state index is 5.24. The van der Waals surface area contributed by atoms with Crippen molar-refractivity contribution in [3.8, 4) is 0 Å². The summed E-state index contributed by atoms with van der Waals surface area (Å²) in [5.41, 5.74) is 0. The number of nitrogens with one attached hydrogen (secondary N) is 1. The third-order valence-electron chi connectivity index (χ3n) is 5.01. The van der Waals surface area contributed by atoms with E-state index in [-0.39, 0.29) is 0 Å². The summed E-state index contributed by atoms with van der Waals surface area (Å²) in [6.07, 6.45) is 8.55. The molecule has 19 heavy (non-hydrogen) atoms. The first-order valence-electron chi connectivity index (χ1n) is 8.19. The van der Waals surface area contributed by atoms with E-state index in [9.17, 15) is 0 Å².